The Morgan fingerprint density at radius 3 is 2.90 bits per heavy atom. The normalized spacial score (nSPS) is 10.5. The minimum Gasteiger partial charge on any atom is -0.469 e. The van der Waals surface area contributed by atoms with Crippen LogP contribution in [0.4, 0.5) is 0 Å². The van der Waals surface area contributed by atoms with Gasteiger partial charge in [-0.05, 0) is 25.1 Å². The van der Waals surface area contributed by atoms with Crippen molar-refractivity contribution in [2.45, 2.75) is 13.3 Å². The van der Waals surface area contributed by atoms with Crippen molar-refractivity contribution in [1.82, 2.24) is 15.1 Å². The lowest BCUT2D eigenvalue weighted by Gasteiger charge is -2.20. The van der Waals surface area contributed by atoms with Gasteiger partial charge in [-0.3, -0.25) is 14.7 Å². The first-order valence-electron chi connectivity index (χ1n) is 6.45. The highest BCUT2D eigenvalue weighted by Crippen LogP contribution is 2.14. The van der Waals surface area contributed by atoms with Gasteiger partial charge in [0.2, 0.25) is 0 Å². The Morgan fingerprint density at radius 1 is 1.40 bits per heavy atom. The highest BCUT2D eigenvalue weighted by atomic mass is 16.5. The molecular formula is C14H17N3O3. The lowest BCUT2D eigenvalue weighted by atomic mass is 10.1. The monoisotopic (exact) mass is 275 g/mol. The molecule has 0 saturated heterocycles. The van der Waals surface area contributed by atoms with Crippen LogP contribution < -0.4 is 0 Å². The number of nitrogens with zero attached hydrogens (tertiary/aromatic N) is 2. The topological polar surface area (TPSA) is 75.3 Å². The van der Waals surface area contributed by atoms with Crippen LogP contribution in [-0.4, -0.2) is 47.2 Å². The summed E-state index contributed by atoms with van der Waals surface area (Å²) >= 11 is 0. The molecule has 2 rings (SSSR count). The van der Waals surface area contributed by atoms with Crippen LogP contribution in [0.5, 0.6) is 0 Å². The Hall–Kier alpha value is -2.37. The van der Waals surface area contributed by atoms with E-state index in [0.29, 0.717) is 18.7 Å². The molecule has 0 aliphatic heterocycles. The summed E-state index contributed by atoms with van der Waals surface area (Å²) in [5, 5.41) is 7.66. The van der Waals surface area contributed by atoms with Gasteiger partial charge in [0.1, 0.15) is 0 Å². The third kappa shape index (κ3) is 2.96. The average Bonchev–Trinajstić information content (AvgIpc) is 2.94. The molecule has 6 nitrogen and oxygen atoms in total. The smallest absolute Gasteiger partial charge is 0.307 e. The number of amides is 1. The van der Waals surface area contributed by atoms with Gasteiger partial charge in [0, 0.05) is 24.0 Å². The molecule has 2 aromatic rings. The fourth-order valence-corrected chi connectivity index (χ4v) is 1.99. The van der Waals surface area contributed by atoms with Crippen molar-refractivity contribution in [1.29, 1.82) is 0 Å². The van der Waals surface area contributed by atoms with E-state index < -0.39 is 0 Å². The number of carbonyl (C=O) groups is 2. The molecule has 0 fully saturated rings. The molecular weight excluding hydrogens is 258 g/mol. The van der Waals surface area contributed by atoms with Gasteiger partial charge in [-0.2, -0.15) is 5.10 Å². The number of methoxy groups -OCH3 is 1. The van der Waals surface area contributed by atoms with Gasteiger partial charge >= 0.3 is 5.97 Å². The number of aromatic amines is 1. The number of H-pyrrole nitrogens is 1. The summed E-state index contributed by atoms with van der Waals surface area (Å²) in [6.45, 7) is 2.77. The van der Waals surface area contributed by atoms with Gasteiger partial charge in [0.25, 0.3) is 5.91 Å². The van der Waals surface area contributed by atoms with Crippen molar-refractivity contribution in [2.75, 3.05) is 20.2 Å². The molecule has 1 aromatic heterocycles. The maximum atomic E-state index is 12.4. The van der Waals surface area contributed by atoms with Crippen LogP contribution in [0.2, 0.25) is 0 Å². The number of rotatable bonds is 5. The van der Waals surface area contributed by atoms with Crippen molar-refractivity contribution in [3.8, 4) is 0 Å². The van der Waals surface area contributed by atoms with Crippen LogP contribution >= 0.6 is 0 Å². The number of carbonyl (C=O) groups excluding carboxylic acids is 2. The molecule has 0 aliphatic rings. The number of nitrogens with one attached hydrogen (secondary N) is 1. The second-order valence-electron chi connectivity index (χ2n) is 4.38. The van der Waals surface area contributed by atoms with E-state index in [1.54, 1.807) is 23.2 Å². The quantitative estimate of drug-likeness (QED) is 0.841. The van der Waals surface area contributed by atoms with Crippen LogP contribution in [0, 0.1) is 0 Å². The Labute approximate surface area is 116 Å². The summed E-state index contributed by atoms with van der Waals surface area (Å²) in [5.41, 5.74) is 1.48. The molecule has 0 atom stereocenters. The number of ether oxygens (including phenoxy) is 1. The van der Waals surface area contributed by atoms with Gasteiger partial charge in [-0.1, -0.05) is 0 Å². The molecule has 1 heterocycles. The number of hydrogen-bond acceptors (Lipinski definition) is 4. The highest BCUT2D eigenvalue weighted by molar-refractivity contribution is 5.98. The summed E-state index contributed by atoms with van der Waals surface area (Å²) in [6.07, 6.45) is 1.88. The first-order chi connectivity index (χ1) is 9.65. The molecule has 0 spiro atoms. The molecule has 0 aliphatic carbocycles. The van der Waals surface area contributed by atoms with E-state index in [2.05, 4.69) is 14.9 Å². The molecule has 1 amide bonds. The predicted octanol–water partition coefficient (Wildman–Crippen LogP) is 1.59. The Balaban J connectivity index is 2.12. The van der Waals surface area contributed by atoms with Crippen LogP contribution in [-0.2, 0) is 9.53 Å². The molecule has 0 bridgehead atoms. The molecule has 20 heavy (non-hydrogen) atoms. The van der Waals surface area contributed by atoms with E-state index in [4.69, 9.17) is 0 Å². The van der Waals surface area contributed by atoms with E-state index >= 15 is 0 Å². The summed E-state index contributed by atoms with van der Waals surface area (Å²) in [7, 11) is 1.34. The molecule has 0 unspecified atom stereocenters. The summed E-state index contributed by atoms with van der Waals surface area (Å²) in [6, 6.07) is 5.37. The first-order valence-corrected chi connectivity index (χ1v) is 6.45. The number of aromatic nitrogens is 2. The SMILES string of the molecule is CCN(CCC(=O)OC)C(=O)c1ccc2[nH]ncc2c1. The lowest BCUT2D eigenvalue weighted by Crippen LogP contribution is -2.33. The van der Waals surface area contributed by atoms with Crippen molar-refractivity contribution < 1.29 is 14.3 Å². The number of hydrogen-bond donors (Lipinski definition) is 1. The van der Waals surface area contributed by atoms with E-state index in [0.717, 1.165) is 10.9 Å². The zero-order valence-electron chi connectivity index (χ0n) is 11.5. The van der Waals surface area contributed by atoms with Crippen LogP contribution in [0.15, 0.2) is 24.4 Å². The molecule has 6 heteroatoms. The summed E-state index contributed by atoms with van der Waals surface area (Å²) in [5.74, 6) is -0.416. The zero-order chi connectivity index (χ0) is 14.5. The molecule has 0 radical (unpaired) electrons. The second kappa shape index (κ2) is 6.18. The minimum atomic E-state index is -0.318. The third-order valence-electron chi connectivity index (χ3n) is 3.17. The first kappa shape index (κ1) is 14.0. The summed E-state index contributed by atoms with van der Waals surface area (Å²) in [4.78, 5) is 25.2. The molecule has 1 aromatic carbocycles. The van der Waals surface area contributed by atoms with Crippen molar-refractivity contribution in [2.24, 2.45) is 0 Å². The highest BCUT2D eigenvalue weighted by Gasteiger charge is 2.16. The number of esters is 1. The van der Waals surface area contributed by atoms with E-state index in [-0.39, 0.29) is 18.3 Å². The second-order valence-corrected chi connectivity index (χ2v) is 4.38. The number of fused-ring (bicyclic) bond motifs is 1. The molecule has 106 valence electrons. The maximum Gasteiger partial charge on any atom is 0.307 e. The van der Waals surface area contributed by atoms with Crippen LogP contribution in [0.1, 0.15) is 23.7 Å². The lowest BCUT2D eigenvalue weighted by molar-refractivity contribution is -0.140. The van der Waals surface area contributed by atoms with Gasteiger partial charge in [-0.25, -0.2) is 0 Å². The molecule has 0 saturated carbocycles. The fourth-order valence-electron chi connectivity index (χ4n) is 1.99. The summed E-state index contributed by atoms with van der Waals surface area (Å²) < 4.78 is 4.59. The van der Waals surface area contributed by atoms with Gasteiger partial charge < -0.3 is 9.64 Å². The van der Waals surface area contributed by atoms with Crippen LogP contribution in [0.3, 0.4) is 0 Å². The Morgan fingerprint density at radius 2 is 2.20 bits per heavy atom. The van der Waals surface area contributed by atoms with Crippen molar-refractivity contribution in [3.63, 3.8) is 0 Å². The number of benzene rings is 1. The van der Waals surface area contributed by atoms with Gasteiger partial charge in [0.15, 0.2) is 0 Å². The minimum absolute atomic E-state index is 0.0977. The Kier molecular flexibility index (Phi) is 4.34. The average molecular weight is 275 g/mol. The van der Waals surface area contributed by atoms with E-state index in [9.17, 15) is 9.59 Å². The zero-order valence-corrected chi connectivity index (χ0v) is 11.5. The van der Waals surface area contributed by atoms with Gasteiger partial charge in [-0.15, -0.1) is 0 Å². The fraction of sp³-hybridized carbons (Fsp3) is 0.357. The van der Waals surface area contributed by atoms with Crippen LogP contribution in [0.25, 0.3) is 10.9 Å². The standard InChI is InChI=1S/C14H17N3O3/c1-3-17(7-6-13(18)20-2)14(19)10-4-5-12-11(8-10)9-15-16-12/h4-5,8-9H,3,6-7H2,1-2H3,(H,15,16). The molecule has 1 N–H and O–H groups in total. The van der Waals surface area contributed by atoms with E-state index in [1.165, 1.54) is 7.11 Å². The van der Waals surface area contributed by atoms with Gasteiger partial charge in [0.05, 0.1) is 25.2 Å². The van der Waals surface area contributed by atoms with Crippen molar-refractivity contribution in [3.05, 3.63) is 30.0 Å². The van der Waals surface area contributed by atoms with E-state index in [1.807, 2.05) is 13.0 Å². The Bertz CT molecular complexity index is 621. The predicted molar refractivity (Wildman–Crippen MR) is 74.3 cm³/mol. The maximum absolute atomic E-state index is 12.4. The largest absolute Gasteiger partial charge is 0.469 e. The van der Waals surface area contributed by atoms with Crippen molar-refractivity contribution >= 4 is 22.8 Å². The third-order valence-corrected chi connectivity index (χ3v) is 3.17.